The normalized spacial score (nSPS) is 13.2. The van der Waals surface area contributed by atoms with E-state index in [1.54, 1.807) is 23.5 Å². The largest absolute Gasteiger partial charge is 0.491 e. The van der Waals surface area contributed by atoms with Crippen LogP contribution in [-0.2, 0) is 49.0 Å². The number of carbonyl (C=O) groups excluding carboxylic acids is 4. The summed E-state index contributed by atoms with van der Waals surface area (Å²) in [5.74, 6) is 4.30. The molecule has 4 rings (SSSR count). The highest BCUT2D eigenvalue weighted by Crippen LogP contribution is 2.35. The lowest BCUT2D eigenvalue weighted by Crippen LogP contribution is -2.25. The van der Waals surface area contributed by atoms with E-state index < -0.39 is 36.4 Å². The van der Waals surface area contributed by atoms with Crippen LogP contribution in [0.5, 0.6) is 23.0 Å². The van der Waals surface area contributed by atoms with E-state index in [1.807, 2.05) is 125 Å². The van der Waals surface area contributed by atoms with Gasteiger partial charge in [0.05, 0.1) is 12.8 Å². The molecule has 0 fully saturated rings. The molecule has 4 aromatic carbocycles. The van der Waals surface area contributed by atoms with E-state index in [9.17, 15) is 39.6 Å². The first-order valence-electron chi connectivity index (χ1n) is 27.5. The Hall–Kier alpha value is -5.50. The van der Waals surface area contributed by atoms with Crippen LogP contribution in [0, 0.1) is 11.8 Å². The summed E-state index contributed by atoms with van der Waals surface area (Å²) >= 11 is 3.19. The van der Waals surface area contributed by atoms with E-state index >= 15 is 0 Å². The van der Waals surface area contributed by atoms with E-state index in [0.29, 0.717) is 59.2 Å². The Morgan fingerprint density at radius 1 is 0.362 bits per heavy atom. The van der Waals surface area contributed by atoms with Crippen LogP contribution in [0.1, 0.15) is 116 Å². The highest BCUT2D eigenvalue weighted by Gasteiger charge is 2.25. The summed E-state index contributed by atoms with van der Waals surface area (Å²) in [6.07, 6.45) is -1.35. The number of benzene rings is 4. The first kappa shape index (κ1) is 67.0. The number of aliphatic hydroxyl groups excluding tert-OH is 4. The topological polar surface area (TPSA) is 223 Å². The SMILES string of the molecule is CC(C)CCC(=O)OCC(O)COc1ccc(C(C)(C)c2ccc(OCC(O)COC(=O)CCSCCSCCC(=O)OCC(O)COc3ccc(C(C)(C)c4ccc(OCC(O)COC(=O)CCC(C)C)cc4)cc3)cc2)cc1. The van der Waals surface area contributed by atoms with Crippen molar-refractivity contribution in [3.63, 3.8) is 0 Å². The van der Waals surface area contributed by atoms with Crippen molar-refractivity contribution in [3.05, 3.63) is 119 Å². The fraction of sp³-hybridized carbons (Fsp3) is 0.548. The Balaban J connectivity index is 0.993. The molecule has 0 radical (unpaired) electrons. The number of ether oxygens (including phenoxy) is 8. The van der Waals surface area contributed by atoms with Crippen LogP contribution in [0.4, 0.5) is 0 Å². The molecule has 16 nitrogen and oxygen atoms in total. The van der Waals surface area contributed by atoms with Gasteiger partial charge in [-0.3, -0.25) is 19.2 Å². The number of carbonyl (C=O) groups is 4. The summed E-state index contributed by atoms with van der Waals surface area (Å²) in [5.41, 5.74) is 3.45. The van der Waals surface area contributed by atoms with Crippen molar-refractivity contribution in [3.8, 4) is 23.0 Å². The van der Waals surface area contributed by atoms with E-state index in [-0.39, 0.29) is 88.5 Å². The minimum atomic E-state index is -1.00. The van der Waals surface area contributed by atoms with Gasteiger partial charge in [-0.25, -0.2) is 0 Å². The molecule has 18 heteroatoms. The van der Waals surface area contributed by atoms with Gasteiger partial charge in [-0.2, -0.15) is 23.5 Å². The first-order chi connectivity index (χ1) is 38.1. The lowest BCUT2D eigenvalue weighted by atomic mass is 9.78. The minimum Gasteiger partial charge on any atom is -0.491 e. The predicted octanol–water partition coefficient (Wildman–Crippen LogP) is 9.29. The maximum Gasteiger partial charge on any atom is 0.306 e. The second-order valence-corrected chi connectivity index (χ2v) is 24.0. The van der Waals surface area contributed by atoms with E-state index in [0.717, 1.165) is 46.6 Å². The van der Waals surface area contributed by atoms with E-state index in [1.165, 1.54) is 0 Å². The second kappa shape index (κ2) is 35.4. The zero-order valence-electron chi connectivity index (χ0n) is 47.9. The van der Waals surface area contributed by atoms with E-state index in [2.05, 4.69) is 27.7 Å². The molecule has 0 bridgehead atoms. The molecule has 80 heavy (non-hydrogen) atoms. The number of hydrogen-bond donors (Lipinski definition) is 4. The molecule has 0 aliphatic carbocycles. The monoisotopic (exact) mass is 1150 g/mol. The number of rotatable bonds is 39. The third-order valence-corrected chi connectivity index (χ3v) is 15.2. The van der Waals surface area contributed by atoms with Gasteiger partial charge >= 0.3 is 23.9 Å². The molecule has 0 saturated heterocycles. The van der Waals surface area contributed by atoms with Crippen molar-refractivity contribution in [1.82, 2.24) is 0 Å². The molecule has 0 heterocycles. The van der Waals surface area contributed by atoms with Crippen LogP contribution < -0.4 is 18.9 Å². The molecule has 4 unspecified atom stereocenters. The van der Waals surface area contributed by atoms with Gasteiger partial charge in [0.15, 0.2) is 0 Å². The summed E-state index contributed by atoms with van der Waals surface area (Å²) in [5, 5.41) is 41.2. The summed E-state index contributed by atoms with van der Waals surface area (Å²) < 4.78 is 43.8. The maximum absolute atomic E-state index is 12.3. The summed E-state index contributed by atoms with van der Waals surface area (Å²) in [6, 6.07) is 30.4. The van der Waals surface area contributed by atoms with Crippen LogP contribution in [0.2, 0.25) is 0 Å². The molecule has 0 aromatic heterocycles. The number of thioether (sulfide) groups is 2. The minimum absolute atomic E-state index is 0.00381. The summed E-state index contributed by atoms with van der Waals surface area (Å²) in [4.78, 5) is 48.3. The van der Waals surface area contributed by atoms with Crippen LogP contribution in [0.3, 0.4) is 0 Å². The van der Waals surface area contributed by atoms with Crippen molar-refractivity contribution in [1.29, 1.82) is 0 Å². The Labute approximate surface area is 481 Å². The fourth-order valence-corrected chi connectivity index (χ4v) is 9.63. The molecule has 4 N–H and O–H groups in total. The second-order valence-electron chi connectivity index (χ2n) is 21.5. The van der Waals surface area contributed by atoms with Crippen molar-refractivity contribution in [2.45, 2.75) is 129 Å². The van der Waals surface area contributed by atoms with Crippen molar-refractivity contribution in [2.24, 2.45) is 11.8 Å². The number of esters is 4. The standard InChI is InChI=1S/C62H86O16S2/c1-43(2)9-27-57(67)75-39-49(63)35-71-53-19-11-45(12-20-53)61(5,6)47-15-23-55(24-16-47)73-37-51(65)41-77-59(69)29-31-79-33-34-80-32-30-60(70)78-42-52(66)38-74-56-25-17-48(18-26-56)62(7,8)46-13-21-54(22-14-46)72-36-50(64)40-76-58(68)28-10-44(3)4/h11-26,43-44,49-52,63-66H,9-10,27-42H2,1-8H3. The highest BCUT2D eigenvalue weighted by molar-refractivity contribution is 8.02. The number of aliphatic hydroxyl groups is 4. The predicted molar refractivity (Wildman–Crippen MR) is 312 cm³/mol. The van der Waals surface area contributed by atoms with Gasteiger partial charge in [-0.05, 0) is 95.5 Å². The summed E-state index contributed by atoms with van der Waals surface area (Å²) in [6.45, 7) is 15.8. The molecule has 4 atom stereocenters. The van der Waals surface area contributed by atoms with Crippen LogP contribution >= 0.6 is 23.5 Å². The van der Waals surface area contributed by atoms with Crippen LogP contribution in [0.15, 0.2) is 97.1 Å². The zero-order valence-corrected chi connectivity index (χ0v) is 49.6. The van der Waals surface area contributed by atoms with Gasteiger partial charge in [0, 0.05) is 46.7 Å². The average Bonchev–Trinajstić information content (AvgIpc) is 3.44. The number of hydrogen-bond acceptors (Lipinski definition) is 18. The molecule has 442 valence electrons. The third-order valence-electron chi connectivity index (χ3n) is 12.9. The molecular formula is C62H86O16S2. The van der Waals surface area contributed by atoms with Gasteiger partial charge < -0.3 is 58.3 Å². The molecule has 0 aliphatic rings. The lowest BCUT2D eigenvalue weighted by Gasteiger charge is -2.26. The molecule has 0 aliphatic heterocycles. The third kappa shape index (κ3) is 26.0. The summed E-state index contributed by atoms with van der Waals surface area (Å²) in [7, 11) is 0. The van der Waals surface area contributed by atoms with Gasteiger partial charge in [0.2, 0.25) is 0 Å². The molecular weight excluding hydrogens is 1060 g/mol. The Morgan fingerprint density at radius 3 is 0.812 bits per heavy atom. The van der Waals surface area contributed by atoms with Crippen molar-refractivity contribution < 1.29 is 77.5 Å². The van der Waals surface area contributed by atoms with E-state index in [4.69, 9.17) is 37.9 Å². The Kier molecular flexibility index (Phi) is 29.6. The van der Waals surface area contributed by atoms with Crippen LogP contribution in [0.25, 0.3) is 0 Å². The highest BCUT2D eigenvalue weighted by atomic mass is 32.2. The van der Waals surface area contributed by atoms with Gasteiger partial charge in [0.1, 0.15) is 100 Å². The average molecular weight is 1150 g/mol. The lowest BCUT2D eigenvalue weighted by molar-refractivity contribution is -0.148. The fourth-order valence-electron chi connectivity index (χ4n) is 7.66. The van der Waals surface area contributed by atoms with Crippen LogP contribution in [-0.4, -0.2) is 145 Å². The van der Waals surface area contributed by atoms with Gasteiger partial charge in [0.25, 0.3) is 0 Å². The van der Waals surface area contributed by atoms with Crippen molar-refractivity contribution >= 4 is 47.4 Å². The molecule has 0 saturated carbocycles. The molecule has 0 spiro atoms. The van der Waals surface area contributed by atoms with Gasteiger partial charge in [-0.1, -0.05) is 104 Å². The van der Waals surface area contributed by atoms with Gasteiger partial charge in [-0.15, -0.1) is 0 Å². The Bertz CT molecular complexity index is 2240. The maximum atomic E-state index is 12.3. The molecule has 0 amide bonds. The quantitative estimate of drug-likeness (QED) is 0.0186. The molecule has 4 aromatic rings. The first-order valence-corrected chi connectivity index (χ1v) is 29.8. The zero-order chi connectivity index (χ0) is 58.5. The van der Waals surface area contributed by atoms with Crippen molar-refractivity contribution in [2.75, 3.05) is 75.9 Å². The Morgan fingerprint density at radius 2 is 0.588 bits per heavy atom. The smallest absolute Gasteiger partial charge is 0.306 e.